The lowest BCUT2D eigenvalue weighted by Crippen LogP contribution is -2.24. The predicted molar refractivity (Wildman–Crippen MR) is 111 cm³/mol. The number of hydrogen-bond acceptors (Lipinski definition) is 3. The van der Waals surface area contributed by atoms with Crippen molar-refractivity contribution in [3.8, 4) is 0 Å². The summed E-state index contributed by atoms with van der Waals surface area (Å²) in [4.78, 5) is 26.4. The van der Waals surface area contributed by atoms with Gasteiger partial charge in [-0.15, -0.1) is 0 Å². The molecular weight excluding hydrogens is 420 g/mol. The van der Waals surface area contributed by atoms with Gasteiger partial charge in [0, 0.05) is 34.8 Å². The zero-order chi connectivity index (χ0) is 19.5. The first-order valence-corrected chi connectivity index (χ1v) is 9.87. The molecule has 2 heterocycles. The molecule has 28 heavy (non-hydrogen) atoms. The van der Waals surface area contributed by atoms with Crippen LogP contribution in [0, 0.1) is 0 Å². The molecule has 2 amide bonds. The third-order valence-electron chi connectivity index (χ3n) is 4.70. The second kappa shape index (κ2) is 7.98. The molecule has 0 unspecified atom stereocenters. The number of hydrogen-bond donors (Lipinski definition) is 1. The summed E-state index contributed by atoms with van der Waals surface area (Å²) >= 11 is 3.43. The summed E-state index contributed by atoms with van der Waals surface area (Å²) in [5.74, 6) is 0.492. The Labute approximate surface area is 171 Å². The van der Waals surface area contributed by atoms with Gasteiger partial charge in [-0.2, -0.15) is 5.10 Å². The van der Waals surface area contributed by atoms with Crippen molar-refractivity contribution in [1.29, 1.82) is 0 Å². The normalized spacial score (nSPS) is 13.8. The van der Waals surface area contributed by atoms with Crippen molar-refractivity contribution in [3.05, 3.63) is 76.4 Å². The third-order valence-corrected chi connectivity index (χ3v) is 5.23. The topological polar surface area (TPSA) is 67.2 Å². The Hall–Kier alpha value is -2.93. The van der Waals surface area contributed by atoms with Gasteiger partial charge >= 0.3 is 0 Å². The molecule has 0 atom stereocenters. The number of nitrogens with zero attached hydrogens (tertiary/aromatic N) is 3. The molecule has 1 aromatic heterocycles. The molecule has 3 aromatic rings. The van der Waals surface area contributed by atoms with Gasteiger partial charge in [-0.3, -0.25) is 9.59 Å². The third kappa shape index (κ3) is 3.99. The second-order valence-corrected chi connectivity index (χ2v) is 7.57. The highest BCUT2D eigenvalue weighted by molar-refractivity contribution is 9.10. The van der Waals surface area contributed by atoms with Crippen LogP contribution in [0.5, 0.6) is 0 Å². The Bertz CT molecular complexity index is 1010. The lowest BCUT2D eigenvalue weighted by atomic mass is 10.1. The minimum atomic E-state index is -0.231. The molecular formula is C21H19BrN4O2. The number of anilines is 2. The van der Waals surface area contributed by atoms with Gasteiger partial charge in [-0.05, 0) is 42.3 Å². The van der Waals surface area contributed by atoms with Crippen LogP contribution in [0.2, 0.25) is 0 Å². The molecule has 2 aromatic carbocycles. The van der Waals surface area contributed by atoms with Gasteiger partial charge in [0.15, 0.2) is 0 Å². The number of benzene rings is 2. The van der Waals surface area contributed by atoms with E-state index >= 15 is 0 Å². The minimum absolute atomic E-state index is 0.102. The smallest absolute Gasteiger partial charge is 0.256 e. The zero-order valence-corrected chi connectivity index (χ0v) is 16.7. The predicted octanol–water partition coefficient (Wildman–Crippen LogP) is 4.07. The molecule has 0 spiro atoms. The van der Waals surface area contributed by atoms with Gasteiger partial charge in [0.2, 0.25) is 5.91 Å². The number of halogens is 1. The lowest BCUT2D eigenvalue weighted by Gasteiger charge is -2.16. The van der Waals surface area contributed by atoms with Gasteiger partial charge < -0.3 is 10.2 Å². The Kier molecular flexibility index (Phi) is 5.25. The van der Waals surface area contributed by atoms with Crippen LogP contribution >= 0.6 is 15.9 Å². The van der Waals surface area contributed by atoms with Crippen LogP contribution in [0.25, 0.3) is 0 Å². The van der Waals surface area contributed by atoms with Crippen LogP contribution in [-0.4, -0.2) is 28.1 Å². The first kappa shape index (κ1) is 18.4. The Morgan fingerprint density at radius 1 is 1.14 bits per heavy atom. The highest BCUT2D eigenvalue weighted by Gasteiger charge is 2.22. The molecule has 0 radical (unpaired) electrons. The summed E-state index contributed by atoms with van der Waals surface area (Å²) < 4.78 is 2.76. The first-order valence-electron chi connectivity index (χ1n) is 9.08. The van der Waals surface area contributed by atoms with Gasteiger partial charge in [0.25, 0.3) is 5.91 Å². The van der Waals surface area contributed by atoms with Crippen LogP contribution in [0.4, 0.5) is 11.5 Å². The van der Waals surface area contributed by atoms with Crippen molar-refractivity contribution in [2.75, 3.05) is 16.8 Å². The van der Waals surface area contributed by atoms with E-state index in [0.29, 0.717) is 30.9 Å². The van der Waals surface area contributed by atoms with Gasteiger partial charge in [0.05, 0.1) is 12.7 Å². The summed E-state index contributed by atoms with van der Waals surface area (Å²) in [7, 11) is 0. The quantitative estimate of drug-likeness (QED) is 0.652. The van der Waals surface area contributed by atoms with E-state index in [1.807, 2.05) is 30.3 Å². The number of carbonyl (C=O) groups excluding carboxylic acids is 2. The molecule has 0 aliphatic carbocycles. The molecule has 4 rings (SSSR count). The van der Waals surface area contributed by atoms with E-state index in [-0.39, 0.29) is 11.8 Å². The molecule has 1 saturated heterocycles. The molecule has 1 fully saturated rings. The van der Waals surface area contributed by atoms with E-state index in [1.165, 1.54) is 0 Å². The number of rotatable bonds is 5. The lowest BCUT2D eigenvalue weighted by molar-refractivity contribution is -0.117. The van der Waals surface area contributed by atoms with Crippen molar-refractivity contribution >= 4 is 39.2 Å². The first-order chi connectivity index (χ1) is 13.6. The SMILES string of the molecule is O=C(Nc1ccnn1Cc1ccc(Br)cc1)c1cccc(N2CCCC2=O)c1. The van der Waals surface area contributed by atoms with Crippen LogP contribution in [0.1, 0.15) is 28.8 Å². The maximum Gasteiger partial charge on any atom is 0.256 e. The highest BCUT2D eigenvalue weighted by Crippen LogP contribution is 2.23. The van der Waals surface area contributed by atoms with Gasteiger partial charge in [-0.25, -0.2) is 4.68 Å². The van der Waals surface area contributed by atoms with E-state index in [9.17, 15) is 9.59 Å². The molecule has 0 bridgehead atoms. The molecule has 1 aliphatic heterocycles. The Balaban J connectivity index is 1.49. The Morgan fingerprint density at radius 2 is 1.96 bits per heavy atom. The summed E-state index contributed by atoms with van der Waals surface area (Å²) in [6.07, 6.45) is 3.07. The van der Waals surface area contributed by atoms with Crippen LogP contribution < -0.4 is 10.2 Å². The number of aromatic nitrogens is 2. The number of nitrogens with one attached hydrogen (secondary N) is 1. The largest absolute Gasteiger partial charge is 0.312 e. The fraction of sp³-hybridized carbons (Fsp3) is 0.190. The maximum atomic E-state index is 12.7. The van der Waals surface area contributed by atoms with E-state index in [4.69, 9.17) is 0 Å². The molecule has 142 valence electrons. The number of carbonyl (C=O) groups is 2. The monoisotopic (exact) mass is 438 g/mol. The fourth-order valence-electron chi connectivity index (χ4n) is 3.25. The van der Waals surface area contributed by atoms with Gasteiger partial charge in [0.1, 0.15) is 5.82 Å². The fourth-order valence-corrected chi connectivity index (χ4v) is 3.52. The van der Waals surface area contributed by atoms with E-state index in [0.717, 1.165) is 22.1 Å². The highest BCUT2D eigenvalue weighted by atomic mass is 79.9. The maximum absolute atomic E-state index is 12.7. The van der Waals surface area contributed by atoms with E-state index in [2.05, 4.69) is 26.3 Å². The Morgan fingerprint density at radius 3 is 2.71 bits per heavy atom. The molecule has 1 aliphatic rings. The zero-order valence-electron chi connectivity index (χ0n) is 15.1. The molecule has 0 saturated carbocycles. The standard InChI is InChI=1S/C21H19BrN4O2/c22-17-8-6-15(7-9-17)14-26-19(10-11-23-26)24-21(28)16-3-1-4-18(13-16)25-12-2-5-20(25)27/h1,3-4,6-11,13H,2,5,12,14H2,(H,24,28). The van der Waals surface area contributed by atoms with Crippen molar-refractivity contribution in [2.45, 2.75) is 19.4 Å². The summed E-state index contributed by atoms with van der Waals surface area (Å²) in [6.45, 7) is 1.25. The van der Waals surface area contributed by atoms with Crippen molar-refractivity contribution < 1.29 is 9.59 Å². The average molecular weight is 439 g/mol. The molecule has 7 heteroatoms. The molecule has 6 nitrogen and oxygen atoms in total. The van der Waals surface area contributed by atoms with E-state index < -0.39 is 0 Å². The van der Waals surface area contributed by atoms with Crippen molar-refractivity contribution in [3.63, 3.8) is 0 Å². The van der Waals surface area contributed by atoms with E-state index in [1.54, 1.807) is 40.0 Å². The number of amides is 2. The van der Waals surface area contributed by atoms with Crippen molar-refractivity contribution in [2.24, 2.45) is 0 Å². The summed E-state index contributed by atoms with van der Waals surface area (Å²) in [5, 5.41) is 7.22. The summed E-state index contributed by atoms with van der Waals surface area (Å²) in [5.41, 5.74) is 2.35. The summed E-state index contributed by atoms with van der Waals surface area (Å²) in [6, 6.07) is 16.9. The second-order valence-electron chi connectivity index (χ2n) is 6.65. The molecule has 1 N–H and O–H groups in total. The van der Waals surface area contributed by atoms with Crippen LogP contribution in [0.15, 0.2) is 65.3 Å². The average Bonchev–Trinajstić information content (AvgIpc) is 3.32. The van der Waals surface area contributed by atoms with Gasteiger partial charge in [-0.1, -0.05) is 34.1 Å². The van der Waals surface area contributed by atoms with Crippen LogP contribution in [0.3, 0.4) is 0 Å². The van der Waals surface area contributed by atoms with Crippen molar-refractivity contribution in [1.82, 2.24) is 9.78 Å². The van der Waals surface area contributed by atoms with Crippen LogP contribution in [-0.2, 0) is 11.3 Å². The minimum Gasteiger partial charge on any atom is -0.312 e.